The van der Waals surface area contributed by atoms with Gasteiger partial charge >= 0.3 is 0 Å². The Balaban J connectivity index is 2.12. The summed E-state index contributed by atoms with van der Waals surface area (Å²) in [4.78, 5) is 0.0420. The van der Waals surface area contributed by atoms with Crippen molar-refractivity contribution in [1.29, 1.82) is 0 Å². The van der Waals surface area contributed by atoms with Crippen LogP contribution in [0.15, 0.2) is 56.3 Å². The van der Waals surface area contributed by atoms with Crippen LogP contribution in [0.25, 0.3) is 0 Å². The Morgan fingerprint density at radius 2 is 1.70 bits per heavy atom. The predicted octanol–water partition coefficient (Wildman–Crippen LogP) is 3.44. The maximum absolute atomic E-state index is 11.2. The maximum Gasteiger partial charge on any atom is 0.238 e. The molecule has 0 saturated carbocycles. The first-order valence-corrected chi connectivity index (χ1v) is 8.69. The van der Waals surface area contributed by atoms with Crippen LogP contribution < -0.4 is 9.88 Å². The maximum atomic E-state index is 11.2. The van der Waals surface area contributed by atoms with Crippen LogP contribution in [0.5, 0.6) is 5.75 Å². The van der Waals surface area contributed by atoms with E-state index in [1.54, 1.807) is 6.07 Å². The number of nitrogens with two attached hydrogens (primary N) is 1. The topological polar surface area (TPSA) is 69.4 Å². The molecule has 2 aromatic carbocycles. The molecule has 0 spiro atoms. The van der Waals surface area contributed by atoms with Crippen molar-refractivity contribution in [2.45, 2.75) is 11.5 Å². The Hall–Kier alpha value is -0.890. The molecular formula is C13H11Br2NO3S. The third-order valence-electron chi connectivity index (χ3n) is 2.54. The average Bonchev–Trinajstić information content (AvgIpc) is 2.38. The summed E-state index contributed by atoms with van der Waals surface area (Å²) < 4.78 is 29.6. The van der Waals surface area contributed by atoms with E-state index in [1.807, 2.05) is 24.3 Å². The highest BCUT2D eigenvalue weighted by Gasteiger charge is 2.11. The monoisotopic (exact) mass is 419 g/mol. The van der Waals surface area contributed by atoms with E-state index in [1.165, 1.54) is 12.1 Å². The molecule has 0 aliphatic rings. The second-order valence-electron chi connectivity index (χ2n) is 4.05. The summed E-state index contributed by atoms with van der Waals surface area (Å²) in [6.07, 6.45) is 0. The third kappa shape index (κ3) is 4.05. The van der Waals surface area contributed by atoms with Crippen molar-refractivity contribution in [2.24, 2.45) is 5.14 Å². The molecule has 2 aromatic rings. The van der Waals surface area contributed by atoms with E-state index in [2.05, 4.69) is 31.9 Å². The van der Waals surface area contributed by atoms with E-state index in [9.17, 15) is 8.42 Å². The molecule has 7 heteroatoms. The van der Waals surface area contributed by atoms with Gasteiger partial charge in [-0.3, -0.25) is 0 Å². The number of rotatable bonds is 4. The van der Waals surface area contributed by atoms with Crippen molar-refractivity contribution in [3.8, 4) is 5.75 Å². The molecule has 0 unspecified atom stereocenters. The molecule has 2 rings (SSSR count). The molecule has 0 amide bonds. The quantitative estimate of drug-likeness (QED) is 0.823. The van der Waals surface area contributed by atoms with E-state index >= 15 is 0 Å². The fourth-order valence-corrected chi connectivity index (χ4v) is 2.97. The van der Waals surface area contributed by atoms with Crippen LogP contribution in [0.1, 0.15) is 5.56 Å². The smallest absolute Gasteiger partial charge is 0.238 e. The van der Waals surface area contributed by atoms with Crippen LogP contribution in [-0.2, 0) is 16.6 Å². The van der Waals surface area contributed by atoms with Crippen LogP contribution in [-0.4, -0.2) is 8.42 Å². The summed E-state index contributed by atoms with van der Waals surface area (Å²) in [6.45, 7) is 0.389. The van der Waals surface area contributed by atoms with E-state index in [-0.39, 0.29) is 4.90 Å². The second kappa shape index (κ2) is 6.26. The lowest BCUT2D eigenvalue weighted by Crippen LogP contribution is -2.12. The molecule has 0 aromatic heterocycles. The van der Waals surface area contributed by atoms with Gasteiger partial charge < -0.3 is 4.74 Å². The standard InChI is InChI=1S/C13H11Br2NO3S/c14-10-3-1-9(2-4-10)8-19-13-6-5-11(7-12(13)15)20(16,17)18/h1-7H,8H2,(H2,16,17,18). The molecule has 2 N–H and O–H groups in total. The Morgan fingerprint density at radius 1 is 1.05 bits per heavy atom. The van der Waals surface area contributed by atoms with Gasteiger partial charge in [-0.1, -0.05) is 28.1 Å². The minimum Gasteiger partial charge on any atom is -0.488 e. The van der Waals surface area contributed by atoms with Crippen LogP contribution in [0.4, 0.5) is 0 Å². The Kier molecular flexibility index (Phi) is 4.85. The lowest BCUT2D eigenvalue weighted by Gasteiger charge is -2.09. The van der Waals surface area contributed by atoms with Gasteiger partial charge in [0.25, 0.3) is 0 Å². The molecule has 0 saturated heterocycles. The summed E-state index contributed by atoms with van der Waals surface area (Å²) in [5.41, 5.74) is 1.01. The summed E-state index contributed by atoms with van der Waals surface area (Å²) in [6, 6.07) is 12.1. The summed E-state index contributed by atoms with van der Waals surface area (Å²) in [7, 11) is -3.70. The molecule has 0 bridgehead atoms. The summed E-state index contributed by atoms with van der Waals surface area (Å²) in [5, 5.41) is 5.06. The van der Waals surface area contributed by atoms with Crippen LogP contribution in [0.3, 0.4) is 0 Å². The normalized spacial score (nSPS) is 11.3. The Bertz CT molecular complexity index is 715. The van der Waals surface area contributed by atoms with Crippen molar-refractivity contribution in [3.05, 3.63) is 57.0 Å². The molecule has 0 fully saturated rings. The van der Waals surface area contributed by atoms with Crippen LogP contribution in [0, 0.1) is 0 Å². The van der Waals surface area contributed by atoms with Gasteiger partial charge in [0.05, 0.1) is 9.37 Å². The molecule has 106 valence electrons. The van der Waals surface area contributed by atoms with Gasteiger partial charge in [0.2, 0.25) is 10.0 Å². The zero-order chi connectivity index (χ0) is 14.8. The molecular weight excluding hydrogens is 410 g/mol. The molecule has 0 heterocycles. The SMILES string of the molecule is NS(=O)(=O)c1ccc(OCc2ccc(Br)cc2)c(Br)c1. The fourth-order valence-electron chi connectivity index (χ4n) is 1.52. The third-order valence-corrected chi connectivity index (χ3v) is 4.60. The summed E-state index contributed by atoms with van der Waals surface area (Å²) >= 11 is 6.63. The number of hydrogen-bond donors (Lipinski definition) is 1. The fraction of sp³-hybridized carbons (Fsp3) is 0.0769. The number of primary sulfonamides is 1. The highest BCUT2D eigenvalue weighted by molar-refractivity contribution is 9.10. The lowest BCUT2D eigenvalue weighted by molar-refractivity contribution is 0.304. The highest BCUT2D eigenvalue weighted by atomic mass is 79.9. The molecule has 20 heavy (non-hydrogen) atoms. The number of halogens is 2. The first-order chi connectivity index (χ1) is 9.36. The minimum absolute atomic E-state index is 0.0420. The average molecular weight is 421 g/mol. The van der Waals surface area contributed by atoms with Crippen molar-refractivity contribution in [1.82, 2.24) is 0 Å². The van der Waals surface area contributed by atoms with Crippen LogP contribution >= 0.6 is 31.9 Å². The van der Waals surface area contributed by atoms with Gasteiger partial charge in [-0.25, -0.2) is 13.6 Å². The number of sulfonamides is 1. The predicted molar refractivity (Wildman–Crippen MR) is 84.0 cm³/mol. The van der Waals surface area contributed by atoms with E-state index < -0.39 is 10.0 Å². The van der Waals surface area contributed by atoms with E-state index in [0.717, 1.165) is 10.0 Å². The van der Waals surface area contributed by atoms with E-state index in [0.29, 0.717) is 16.8 Å². The van der Waals surface area contributed by atoms with Gasteiger partial charge in [-0.2, -0.15) is 0 Å². The molecule has 0 aliphatic carbocycles. The molecule has 0 aliphatic heterocycles. The van der Waals surface area contributed by atoms with Gasteiger partial charge in [-0.15, -0.1) is 0 Å². The highest BCUT2D eigenvalue weighted by Crippen LogP contribution is 2.28. The van der Waals surface area contributed by atoms with Crippen LogP contribution in [0.2, 0.25) is 0 Å². The number of benzene rings is 2. The first-order valence-electron chi connectivity index (χ1n) is 5.56. The van der Waals surface area contributed by atoms with Crippen molar-refractivity contribution < 1.29 is 13.2 Å². The summed E-state index contributed by atoms with van der Waals surface area (Å²) in [5.74, 6) is 0.556. The number of hydrogen-bond acceptors (Lipinski definition) is 3. The van der Waals surface area contributed by atoms with Gasteiger partial charge in [0.1, 0.15) is 12.4 Å². The zero-order valence-electron chi connectivity index (χ0n) is 10.2. The van der Waals surface area contributed by atoms with Crippen molar-refractivity contribution >= 4 is 41.9 Å². The first kappa shape index (κ1) is 15.5. The minimum atomic E-state index is -3.70. The molecule has 0 atom stereocenters. The second-order valence-corrected chi connectivity index (χ2v) is 7.38. The van der Waals surface area contributed by atoms with Gasteiger partial charge in [0, 0.05) is 4.47 Å². The van der Waals surface area contributed by atoms with E-state index in [4.69, 9.17) is 9.88 Å². The van der Waals surface area contributed by atoms with Gasteiger partial charge in [0.15, 0.2) is 0 Å². The van der Waals surface area contributed by atoms with Gasteiger partial charge in [-0.05, 0) is 51.8 Å². The number of ether oxygens (including phenoxy) is 1. The zero-order valence-corrected chi connectivity index (χ0v) is 14.2. The lowest BCUT2D eigenvalue weighted by atomic mass is 10.2. The Morgan fingerprint density at radius 3 is 2.25 bits per heavy atom. The Labute approximate surface area is 134 Å². The largest absolute Gasteiger partial charge is 0.488 e. The van der Waals surface area contributed by atoms with Crippen molar-refractivity contribution in [2.75, 3.05) is 0 Å². The molecule has 4 nitrogen and oxygen atoms in total. The molecule has 0 radical (unpaired) electrons. The van der Waals surface area contributed by atoms with Crippen molar-refractivity contribution in [3.63, 3.8) is 0 Å².